The van der Waals surface area contributed by atoms with Crippen LogP contribution in [0.5, 0.6) is 5.75 Å². The molecule has 1 saturated heterocycles. The number of likely N-dealkylation sites (tertiary alicyclic amines) is 1. The number of carbonyl (C=O) groups is 1. The van der Waals surface area contributed by atoms with Gasteiger partial charge < -0.3 is 10.1 Å². The Morgan fingerprint density at radius 1 is 1.12 bits per heavy atom. The summed E-state index contributed by atoms with van der Waals surface area (Å²) < 4.78 is 5.94. The van der Waals surface area contributed by atoms with Crippen LogP contribution in [-0.4, -0.2) is 37.0 Å². The Bertz CT molecular complexity index is 926. The molecular weight excluding hydrogens is 443 g/mol. The highest BCUT2D eigenvalue weighted by Gasteiger charge is 2.44. The number of rotatable bonds is 7. The molecular formula is C26H32Cl2N2O2. The fourth-order valence-electron chi connectivity index (χ4n) is 5.14. The molecule has 0 aromatic heterocycles. The van der Waals surface area contributed by atoms with Crippen LogP contribution < -0.4 is 10.1 Å². The number of anilines is 1. The van der Waals surface area contributed by atoms with Crippen LogP contribution in [0, 0.1) is 5.92 Å². The number of amides is 1. The normalized spacial score (nSPS) is 20.8. The number of hydrogen-bond acceptors (Lipinski definition) is 3. The predicted molar refractivity (Wildman–Crippen MR) is 132 cm³/mol. The molecule has 0 unspecified atom stereocenters. The van der Waals surface area contributed by atoms with E-state index >= 15 is 0 Å². The van der Waals surface area contributed by atoms with Gasteiger partial charge >= 0.3 is 0 Å². The molecule has 0 bridgehead atoms. The Balaban J connectivity index is 1.36. The number of halogens is 2. The van der Waals surface area contributed by atoms with Crippen molar-refractivity contribution in [3.8, 4) is 5.75 Å². The minimum Gasteiger partial charge on any atom is -0.492 e. The standard InChI is InChI=1S/C26H32Cl2N2O2/c1-19-5-4-14-30(18-19)15-16-32-22-9-7-21(8-10-22)29-25(31)26(12-2-3-13-26)23-11-6-20(27)17-24(23)28/h6-11,17,19H,2-5,12-16,18H2,1H3,(H,29,31)/t19-/m1/s1. The highest BCUT2D eigenvalue weighted by Crippen LogP contribution is 2.45. The van der Waals surface area contributed by atoms with Crippen LogP contribution in [0.15, 0.2) is 42.5 Å². The number of nitrogens with zero attached hydrogens (tertiary/aromatic N) is 1. The van der Waals surface area contributed by atoms with Crippen molar-refractivity contribution >= 4 is 34.8 Å². The van der Waals surface area contributed by atoms with Gasteiger partial charge in [0.15, 0.2) is 0 Å². The van der Waals surface area contributed by atoms with E-state index in [1.807, 2.05) is 36.4 Å². The zero-order valence-electron chi connectivity index (χ0n) is 18.7. The van der Waals surface area contributed by atoms with E-state index < -0.39 is 5.41 Å². The van der Waals surface area contributed by atoms with E-state index in [0.717, 1.165) is 68.2 Å². The second-order valence-corrected chi connectivity index (χ2v) is 10.1. The molecule has 1 saturated carbocycles. The third-order valence-corrected chi connectivity index (χ3v) is 7.42. The molecule has 4 nitrogen and oxygen atoms in total. The first kappa shape index (κ1) is 23.4. The molecule has 1 heterocycles. The number of benzene rings is 2. The Morgan fingerprint density at radius 3 is 2.56 bits per heavy atom. The summed E-state index contributed by atoms with van der Waals surface area (Å²) in [5.74, 6) is 1.59. The average Bonchev–Trinajstić information content (AvgIpc) is 3.26. The van der Waals surface area contributed by atoms with Crippen LogP contribution >= 0.6 is 23.2 Å². The third-order valence-electron chi connectivity index (χ3n) is 6.87. The molecule has 1 N–H and O–H groups in total. The van der Waals surface area contributed by atoms with Crippen molar-refractivity contribution in [1.82, 2.24) is 4.90 Å². The predicted octanol–water partition coefficient (Wildman–Crippen LogP) is 6.55. The van der Waals surface area contributed by atoms with Crippen LogP contribution in [-0.2, 0) is 10.2 Å². The van der Waals surface area contributed by atoms with Gasteiger partial charge in [0, 0.05) is 28.8 Å². The van der Waals surface area contributed by atoms with E-state index in [1.54, 1.807) is 6.07 Å². The second kappa shape index (κ2) is 10.5. The molecule has 4 rings (SSSR count). The monoisotopic (exact) mass is 474 g/mol. The molecule has 1 atom stereocenters. The first-order chi connectivity index (χ1) is 15.5. The second-order valence-electron chi connectivity index (χ2n) is 9.29. The smallest absolute Gasteiger partial charge is 0.235 e. The van der Waals surface area contributed by atoms with Crippen molar-refractivity contribution in [1.29, 1.82) is 0 Å². The zero-order valence-corrected chi connectivity index (χ0v) is 20.2. The van der Waals surface area contributed by atoms with Gasteiger partial charge in [0.2, 0.25) is 5.91 Å². The fourth-order valence-corrected chi connectivity index (χ4v) is 5.73. The molecule has 0 spiro atoms. The molecule has 1 aliphatic carbocycles. The van der Waals surface area contributed by atoms with Crippen molar-refractivity contribution in [2.45, 2.75) is 50.9 Å². The van der Waals surface area contributed by atoms with Crippen molar-refractivity contribution in [3.05, 3.63) is 58.1 Å². The van der Waals surface area contributed by atoms with Gasteiger partial charge in [-0.05, 0) is 80.1 Å². The average molecular weight is 475 g/mol. The molecule has 2 fully saturated rings. The summed E-state index contributed by atoms with van der Waals surface area (Å²) in [6, 6.07) is 13.1. The first-order valence-electron chi connectivity index (χ1n) is 11.7. The highest BCUT2D eigenvalue weighted by molar-refractivity contribution is 6.35. The van der Waals surface area contributed by atoms with Crippen LogP contribution in [0.3, 0.4) is 0 Å². The summed E-state index contributed by atoms with van der Waals surface area (Å²) in [5.41, 5.74) is 1.02. The van der Waals surface area contributed by atoms with E-state index in [2.05, 4.69) is 17.1 Å². The Hall–Kier alpha value is -1.75. The maximum Gasteiger partial charge on any atom is 0.235 e. The quantitative estimate of drug-likeness (QED) is 0.494. The topological polar surface area (TPSA) is 41.6 Å². The van der Waals surface area contributed by atoms with Gasteiger partial charge in [-0.25, -0.2) is 0 Å². The van der Waals surface area contributed by atoms with E-state index in [-0.39, 0.29) is 5.91 Å². The van der Waals surface area contributed by atoms with Gasteiger partial charge in [0.05, 0.1) is 5.41 Å². The number of ether oxygens (including phenoxy) is 1. The SMILES string of the molecule is C[C@@H]1CCCN(CCOc2ccc(NC(=O)C3(c4ccc(Cl)cc4Cl)CCCC3)cc2)C1. The molecule has 1 aliphatic heterocycles. The molecule has 172 valence electrons. The number of piperidine rings is 1. The number of nitrogens with one attached hydrogen (secondary N) is 1. The lowest BCUT2D eigenvalue weighted by Gasteiger charge is -2.30. The van der Waals surface area contributed by atoms with Gasteiger partial charge in [-0.1, -0.05) is 49.0 Å². The van der Waals surface area contributed by atoms with Crippen LogP contribution in [0.1, 0.15) is 51.0 Å². The fraction of sp³-hybridized carbons (Fsp3) is 0.500. The van der Waals surface area contributed by atoms with Crippen LogP contribution in [0.25, 0.3) is 0 Å². The summed E-state index contributed by atoms with van der Waals surface area (Å²) in [4.78, 5) is 15.9. The van der Waals surface area contributed by atoms with Gasteiger partial charge in [-0.2, -0.15) is 0 Å². The van der Waals surface area contributed by atoms with Gasteiger partial charge in [0.1, 0.15) is 12.4 Å². The lowest BCUT2D eigenvalue weighted by molar-refractivity contribution is -0.121. The number of carbonyl (C=O) groups excluding carboxylic acids is 1. The van der Waals surface area contributed by atoms with E-state index in [1.165, 1.54) is 12.8 Å². The summed E-state index contributed by atoms with van der Waals surface area (Å²) >= 11 is 12.6. The minimum absolute atomic E-state index is 0.00731. The summed E-state index contributed by atoms with van der Waals surface area (Å²) in [5, 5.41) is 4.25. The highest BCUT2D eigenvalue weighted by atomic mass is 35.5. The lowest BCUT2D eigenvalue weighted by atomic mass is 9.78. The largest absolute Gasteiger partial charge is 0.492 e. The summed E-state index contributed by atoms with van der Waals surface area (Å²) in [6.07, 6.45) is 6.20. The molecule has 2 aliphatic rings. The van der Waals surface area contributed by atoms with Crippen molar-refractivity contribution in [2.24, 2.45) is 5.92 Å². The first-order valence-corrected chi connectivity index (χ1v) is 12.4. The Morgan fingerprint density at radius 2 is 1.88 bits per heavy atom. The Labute approximate surface area is 201 Å². The summed E-state index contributed by atoms with van der Waals surface area (Å²) in [6.45, 7) is 6.27. The Kier molecular flexibility index (Phi) is 7.65. The van der Waals surface area contributed by atoms with Gasteiger partial charge in [-0.15, -0.1) is 0 Å². The molecule has 2 aromatic carbocycles. The molecule has 2 aromatic rings. The molecule has 1 amide bonds. The van der Waals surface area contributed by atoms with E-state index in [9.17, 15) is 4.79 Å². The van der Waals surface area contributed by atoms with Crippen molar-refractivity contribution in [2.75, 3.05) is 31.6 Å². The number of hydrogen-bond donors (Lipinski definition) is 1. The van der Waals surface area contributed by atoms with Crippen molar-refractivity contribution < 1.29 is 9.53 Å². The van der Waals surface area contributed by atoms with E-state index in [0.29, 0.717) is 16.7 Å². The van der Waals surface area contributed by atoms with Gasteiger partial charge in [-0.3, -0.25) is 9.69 Å². The molecule has 32 heavy (non-hydrogen) atoms. The van der Waals surface area contributed by atoms with E-state index in [4.69, 9.17) is 27.9 Å². The zero-order chi connectivity index (χ0) is 22.6. The maximum atomic E-state index is 13.4. The minimum atomic E-state index is -0.609. The molecule has 0 radical (unpaired) electrons. The van der Waals surface area contributed by atoms with Crippen LogP contribution in [0.2, 0.25) is 10.0 Å². The maximum absolute atomic E-state index is 13.4. The van der Waals surface area contributed by atoms with Crippen molar-refractivity contribution in [3.63, 3.8) is 0 Å². The van der Waals surface area contributed by atoms with Gasteiger partial charge in [0.25, 0.3) is 0 Å². The van der Waals surface area contributed by atoms with Crippen LogP contribution in [0.4, 0.5) is 5.69 Å². The third kappa shape index (κ3) is 5.41. The summed E-state index contributed by atoms with van der Waals surface area (Å²) in [7, 11) is 0. The lowest BCUT2D eigenvalue weighted by Crippen LogP contribution is -2.38. The molecule has 6 heteroatoms.